The van der Waals surface area contributed by atoms with Crippen molar-refractivity contribution in [3.63, 3.8) is 0 Å². The number of thiophene rings is 1. The zero-order valence-corrected chi connectivity index (χ0v) is 9.14. The first-order valence-electron chi connectivity index (χ1n) is 4.40. The molecule has 14 heavy (non-hydrogen) atoms. The number of amides is 1. The van der Waals surface area contributed by atoms with Gasteiger partial charge in [-0.25, -0.2) is 0 Å². The summed E-state index contributed by atoms with van der Waals surface area (Å²) < 4.78 is 0. The molecule has 2 N–H and O–H groups in total. The second-order valence-electron chi connectivity index (χ2n) is 3.44. The Bertz CT molecular complexity index is 352. The highest BCUT2D eigenvalue weighted by Gasteiger charge is 2.31. The summed E-state index contributed by atoms with van der Waals surface area (Å²) in [7, 11) is 0. The maximum Gasteiger partial charge on any atom is 0.227 e. The van der Waals surface area contributed by atoms with Gasteiger partial charge in [-0.05, 0) is 5.92 Å². The molecule has 0 bridgehead atoms. The van der Waals surface area contributed by atoms with Gasteiger partial charge >= 0.3 is 0 Å². The molecule has 1 aliphatic heterocycles. The second kappa shape index (κ2) is 3.79. The van der Waals surface area contributed by atoms with Gasteiger partial charge in [0.15, 0.2) is 0 Å². The number of carbonyl (C=O) groups is 1. The third-order valence-corrected chi connectivity index (χ3v) is 3.57. The van der Waals surface area contributed by atoms with Crippen LogP contribution in [0, 0.1) is 5.92 Å². The smallest absolute Gasteiger partial charge is 0.227 e. The molecule has 76 valence electrons. The molecule has 1 aromatic rings. The normalized spacial score (nSPS) is 21.9. The van der Waals surface area contributed by atoms with E-state index in [4.69, 9.17) is 17.3 Å². The molecule has 0 radical (unpaired) electrons. The lowest BCUT2D eigenvalue weighted by Crippen LogP contribution is -2.24. The second-order valence-corrected chi connectivity index (χ2v) is 4.49. The van der Waals surface area contributed by atoms with Crippen LogP contribution in [0.1, 0.15) is 6.42 Å². The van der Waals surface area contributed by atoms with Crippen LogP contribution >= 0.6 is 22.9 Å². The minimum atomic E-state index is 0.126. The quantitative estimate of drug-likeness (QED) is 0.790. The summed E-state index contributed by atoms with van der Waals surface area (Å²) in [5.41, 5.74) is 7.27. The summed E-state index contributed by atoms with van der Waals surface area (Å²) in [6.45, 7) is 0.698. The highest BCUT2D eigenvalue weighted by molar-refractivity contribution is 7.09. The van der Waals surface area contributed by atoms with Gasteiger partial charge in [0.1, 0.15) is 0 Å². The SMILES string of the molecule is Nc1cscc1N1CC(CCl)CC1=O. The predicted molar refractivity (Wildman–Crippen MR) is 59.9 cm³/mol. The van der Waals surface area contributed by atoms with Crippen molar-refractivity contribution in [1.82, 2.24) is 0 Å². The molecule has 1 atom stereocenters. The molecule has 0 saturated carbocycles. The van der Waals surface area contributed by atoms with Crippen LogP contribution in [0.2, 0.25) is 0 Å². The first-order valence-corrected chi connectivity index (χ1v) is 5.88. The van der Waals surface area contributed by atoms with Gasteiger partial charge in [0.25, 0.3) is 0 Å². The van der Waals surface area contributed by atoms with Gasteiger partial charge < -0.3 is 10.6 Å². The Labute approximate surface area is 91.5 Å². The molecule has 1 aliphatic rings. The van der Waals surface area contributed by atoms with Crippen LogP contribution in [-0.2, 0) is 4.79 Å². The van der Waals surface area contributed by atoms with Gasteiger partial charge in [-0.3, -0.25) is 4.79 Å². The monoisotopic (exact) mass is 230 g/mol. The van der Waals surface area contributed by atoms with Crippen LogP contribution in [0.4, 0.5) is 11.4 Å². The van der Waals surface area contributed by atoms with Gasteiger partial charge in [-0.1, -0.05) is 0 Å². The van der Waals surface area contributed by atoms with Crippen LogP contribution in [-0.4, -0.2) is 18.3 Å². The number of rotatable bonds is 2. The summed E-state index contributed by atoms with van der Waals surface area (Å²) in [5, 5.41) is 3.75. The van der Waals surface area contributed by atoms with Crippen molar-refractivity contribution in [2.45, 2.75) is 6.42 Å². The van der Waals surface area contributed by atoms with Crippen LogP contribution in [0.5, 0.6) is 0 Å². The third-order valence-electron chi connectivity index (χ3n) is 2.38. The maximum absolute atomic E-state index is 11.6. The van der Waals surface area contributed by atoms with Gasteiger partial charge in [0, 0.05) is 29.6 Å². The Morgan fingerprint density at radius 2 is 2.43 bits per heavy atom. The minimum Gasteiger partial charge on any atom is -0.396 e. The lowest BCUT2D eigenvalue weighted by atomic mass is 10.1. The summed E-state index contributed by atoms with van der Waals surface area (Å²) in [4.78, 5) is 13.3. The van der Waals surface area contributed by atoms with E-state index in [1.54, 1.807) is 4.90 Å². The molecule has 0 aliphatic carbocycles. The maximum atomic E-state index is 11.6. The number of nitrogen functional groups attached to an aromatic ring is 1. The Hall–Kier alpha value is -0.740. The van der Waals surface area contributed by atoms with Gasteiger partial charge in [0.2, 0.25) is 5.91 Å². The van der Waals surface area contributed by atoms with E-state index in [1.807, 2.05) is 10.8 Å². The Morgan fingerprint density at radius 1 is 1.64 bits per heavy atom. The fraction of sp³-hybridized carbons (Fsp3) is 0.444. The van der Waals surface area contributed by atoms with E-state index in [9.17, 15) is 4.79 Å². The van der Waals surface area contributed by atoms with Crippen LogP contribution < -0.4 is 10.6 Å². The fourth-order valence-electron chi connectivity index (χ4n) is 1.64. The Kier molecular flexibility index (Phi) is 2.65. The van der Waals surface area contributed by atoms with E-state index in [2.05, 4.69) is 0 Å². The van der Waals surface area contributed by atoms with E-state index in [-0.39, 0.29) is 11.8 Å². The van der Waals surface area contributed by atoms with E-state index >= 15 is 0 Å². The highest BCUT2D eigenvalue weighted by atomic mass is 35.5. The van der Waals surface area contributed by atoms with E-state index in [0.29, 0.717) is 24.5 Å². The molecule has 2 rings (SSSR count). The number of hydrogen-bond acceptors (Lipinski definition) is 3. The van der Waals surface area contributed by atoms with Gasteiger partial charge in [-0.2, -0.15) is 0 Å². The number of alkyl halides is 1. The van der Waals surface area contributed by atoms with Crippen molar-refractivity contribution in [3.05, 3.63) is 10.8 Å². The van der Waals surface area contributed by atoms with Crippen molar-refractivity contribution in [2.75, 3.05) is 23.1 Å². The Morgan fingerprint density at radius 3 is 2.93 bits per heavy atom. The van der Waals surface area contributed by atoms with Gasteiger partial charge in [0.05, 0.1) is 11.4 Å². The number of hydrogen-bond donors (Lipinski definition) is 1. The van der Waals surface area contributed by atoms with Crippen molar-refractivity contribution >= 4 is 40.2 Å². The zero-order valence-electron chi connectivity index (χ0n) is 7.57. The zero-order chi connectivity index (χ0) is 10.1. The average Bonchev–Trinajstić information content (AvgIpc) is 2.72. The minimum absolute atomic E-state index is 0.126. The lowest BCUT2D eigenvalue weighted by molar-refractivity contribution is -0.117. The fourth-order valence-corrected chi connectivity index (χ4v) is 2.57. The molecule has 1 unspecified atom stereocenters. The van der Waals surface area contributed by atoms with Crippen LogP contribution in [0.15, 0.2) is 10.8 Å². The number of nitrogens with two attached hydrogens (primary N) is 1. The lowest BCUT2D eigenvalue weighted by Gasteiger charge is -2.15. The summed E-state index contributed by atoms with van der Waals surface area (Å²) in [6, 6.07) is 0. The molecule has 1 aromatic heterocycles. The molecule has 1 saturated heterocycles. The molecule has 5 heteroatoms. The van der Waals surface area contributed by atoms with Crippen molar-refractivity contribution in [3.8, 4) is 0 Å². The molecule has 3 nitrogen and oxygen atoms in total. The molecular formula is C9H11ClN2OS. The van der Waals surface area contributed by atoms with Crippen molar-refractivity contribution in [1.29, 1.82) is 0 Å². The largest absolute Gasteiger partial charge is 0.396 e. The van der Waals surface area contributed by atoms with E-state index < -0.39 is 0 Å². The number of halogens is 1. The summed E-state index contributed by atoms with van der Waals surface area (Å²) >= 11 is 7.24. The molecule has 0 aromatic carbocycles. The Balaban J connectivity index is 2.20. The summed E-state index contributed by atoms with van der Waals surface area (Å²) in [6.07, 6.45) is 0.540. The van der Waals surface area contributed by atoms with Crippen molar-refractivity contribution < 1.29 is 4.79 Å². The standard InChI is InChI=1S/C9H11ClN2OS/c10-2-6-1-9(13)12(3-6)8-5-14-4-7(8)11/h4-6H,1-3,11H2. The number of nitrogens with zero attached hydrogens (tertiary/aromatic N) is 1. The van der Waals surface area contributed by atoms with Gasteiger partial charge in [-0.15, -0.1) is 22.9 Å². The third kappa shape index (κ3) is 1.60. The molecular weight excluding hydrogens is 220 g/mol. The van der Waals surface area contributed by atoms with E-state index in [1.165, 1.54) is 11.3 Å². The summed E-state index contributed by atoms with van der Waals surface area (Å²) in [5.74, 6) is 0.927. The van der Waals surface area contributed by atoms with E-state index in [0.717, 1.165) is 5.69 Å². The first-order chi connectivity index (χ1) is 6.72. The highest BCUT2D eigenvalue weighted by Crippen LogP contribution is 2.32. The first kappa shape index (κ1) is 9.80. The topological polar surface area (TPSA) is 46.3 Å². The number of anilines is 2. The van der Waals surface area contributed by atoms with Crippen molar-refractivity contribution in [2.24, 2.45) is 5.92 Å². The molecule has 0 spiro atoms. The molecule has 1 fully saturated rings. The average molecular weight is 231 g/mol. The van der Waals surface area contributed by atoms with Crippen LogP contribution in [0.3, 0.4) is 0 Å². The molecule has 2 heterocycles. The molecule has 1 amide bonds. The van der Waals surface area contributed by atoms with Crippen LogP contribution in [0.25, 0.3) is 0 Å². The number of carbonyl (C=O) groups excluding carboxylic acids is 1. The predicted octanol–water partition coefficient (Wildman–Crippen LogP) is 1.92.